The molecular formula is C17H13ClN4OS. The van der Waals surface area contributed by atoms with Crippen LogP contribution in [0.5, 0.6) is 0 Å². The highest BCUT2D eigenvalue weighted by Crippen LogP contribution is 2.29. The van der Waals surface area contributed by atoms with E-state index >= 15 is 0 Å². The normalized spacial score (nSPS) is 10.6. The maximum atomic E-state index is 9.30. The third-order valence-electron chi connectivity index (χ3n) is 3.33. The Morgan fingerprint density at radius 3 is 2.79 bits per heavy atom. The number of hydrogen-bond donors (Lipinski definition) is 0. The van der Waals surface area contributed by atoms with Crippen molar-refractivity contribution in [2.45, 2.75) is 24.6 Å². The fraction of sp³-hybridized carbons (Fsp3) is 0.176. The quantitative estimate of drug-likeness (QED) is 0.637. The van der Waals surface area contributed by atoms with Crippen LogP contribution >= 0.6 is 23.4 Å². The summed E-state index contributed by atoms with van der Waals surface area (Å²) >= 11 is 7.54. The van der Waals surface area contributed by atoms with Crippen LogP contribution in [0, 0.1) is 25.2 Å². The molecule has 0 aliphatic heterocycles. The van der Waals surface area contributed by atoms with Crippen LogP contribution in [0.25, 0.3) is 11.5 Å². The van der Waals surface area contributed by atoms with Crippen molar-refractivity contribution in [2.75, 3.05) is 0 Å². The van der Waals surface area contributed by atoms with Crippen molar-refractivity contribution in [1.82, 2.24) is 15.2 Å². The van der Waals surface area contributed by atoms with Gasteiger partial charge in [-0.1, -0.05) is 35.5 Å². The Labute approximate surface area is 148 Å². The van der Waals surface area contributed by atoms with E-state index in [1.54, 1.807) is 6.07 Å². The van der Waals surface area contributed by atoms with Gasteiger partial charge in [0.2, 0.25) is 11.8 Å². The molecule has 0 saturated heterocycles. The minimum Gasteiger partial charge on any atom is -0.420 e. The van der Waals surface area contributed by atoms with Gasteiger partial charge in [-0.2, -0.15) is 5.26 Å². The van der Waals surface area contributed by atoms with Gasteiger partial charge in [0.05, 0.1) is 21.9 Å². The Bertz CT molecular complexity index is 933. The maximum absolute atomic E-state index is 9.30. The number of benzene rings is 1. The van der Waals surface area contributed by atoms with Gasteiger partial charge in [0.1, 0.15) is 11.1 Å². The number of pyridine rings is 1. The van der Waals surface area contributed by atoms with Gasteiger partial charge in [-0.05, 0) is 37.6 Å². The smallest absolute Gasteiger partial charge is 0.249 e. The molecule has 3 aromatic rings. The Morgan fingerprint density at radius 2 is 2.04 bits per heavy atom. The third-order valence-corrected chi connectivity index (χ3v) is 4.62. The molecule has 0 saturated carbocycles. The van der Waals surface area contributed by atoms with Crippen molar-refractivity contribution in [2.24, 2.45) is 0 Å². The number of hydrogen-bond acceptors (Lipinski definition) is 6. The predicted octanol–water partition coefficient (Wildman–Crippen LogP) is 4.57. The van der Waals surface area contributed by atoms with Crippen LogP contribution in [-0.2, 0) is 5.75 Å². The van der Waals surface area contributed by atoms with E-state index in [0.717, 1.165) is 11.3 Å². The van der Waals surface area contributed by atoms with Crippen molar-refractivity contribution >= 4 is 23.4 Å². The topological polar surface area (TPSA) is 75.6 Å². The van der Waals surface area contributed by atoms with Crippen LogP contribution in [0.4, 0.5) is 0 Å². The van der Waals surface area contributed by atoms with Gasteiger partial charge in [-0.25, -0.2) is 4.98 Å². The largest absolute Gasteiger partial charge is 0.420 e. The SMILES string of the molecule is Cc1cc(C)c(C#N)c(SCc2nnc(-c3ccccc3Cl)o2)n1. The summed E-state index contributed by atoms with van der Waals surface area (Å²) in [5.74, 6) is 1.27. The summed E-state index contributed by atoms with van der Waals surface area (Å²) in [5, 5.41) is 18.6. The molecule has 2 heterocycles. The lowest BCUT2D eigenvalue weighted by molar-refractivity contribution is 0.528. The van der Waals surface area contributed by atoms with Crippen LogP contribution in [0.1, 0.15) is 22.7 Å². The standard InChI is InChI=1S/C17H13ClN4OS/c1-10-7-11(2)20-17(13(10)8-19)24-9-15-21-22-16(23-15)12-5-3-4-6-14(12)18/h3-7H,9H2,1-2H3. The molecule has 3 rings (SSSR count). The monoisotopic (exact) mass is 356 g/mol. The summed E-state index contributed by atoms with van der Waals surface area (Å²) in [5.41, 5.74) is 3.06. The average Bonchev–Trinajstić information content (AvgIpc) is 3.01. The van der Waals surface area contributed by atoms with Gasteiger partial charge in [-0.3, -0.25) is 0 Å². The molecule has 0 amide bonds. The molecule has 24 heavy (non-hydrogen) atoms. The molecule has 0 N–H and O–H groups in total. The zero-order chi connectivity index (χ0) is 17.1. The first-order valence-electron chi connectivity index (χ1n) is 7.17. The summed E-state index contributed by atoms with van der Waals surface area (Å²) in [6.45, 7) is 3.81. The van der Waals surface area contributed by atoms with Crippen LogP contribution in [0.3, 0.4) is 0 Å². The number of aryl methyl sites for hydroxylation is 2. The van der Waals surface area contributed by atoms with Crippen molar-refractivity contribution in [3.8, 4) is 17.5 Å². The molecule has 0 radical (unpaired) electrons. The van der Waals surface area contributed by atoms with Crippen LogP contribution in [0.15, 0.2) is 39.8 Å². The highest BCUT2D eigenvalue weighted by atomic mass is 35.5. The maximum Gasteiger partial charge on any atom is 0.249 e. The minimum absolute atomic E-state index is 0.380. The van der Waals surface area contributed by atoms with Gasteiger partial charge in [0.15, 0.2) is 0 Å². The van der Waals surface area contributed by atoms with Gasteiger partial charge in [-0.15, -0.1) is 10.2 Å². The fourth-order valence-electron chi connectivity index (χ4n) is 2.23. The zero-order valence-electron chi connectivity index (χ0n) is 13.1. The predicted molar refractivity (Wildman–Crippen MR) is 92.7 cm³/mol. The first-order valence-corrected chi connectivity index (χ1v) is 8.53. The Hall–Kier alpha value is -2.36. The van der Waals surface area contributed by atoms with E-state index in [1.807, 2.05) is 38.1 Å². The Balaban J connectivity index is 1.80. The van der Waals surface area contributed by atoms with E-state index in [9.17, 15) is 5.26 Å². The van der Waals surface area contributed by atoms with Crippen LogP contribution in [-0.4, -0.2) is 15.2 Å². The second kappa shape index (κ2) is 7.04. The lowest BCUT2D eigenvalue weighted by Crippen LogP contribution is -1.94. The van der Waals surface area contributed by atoms with E-state index in [2.05, 4.69) is 21.3 Å². The average molecular weight is 357 g/mol. The van der Waals surface area contributed by atoms with Gasteiger partial charge < -0.3 is 4.42 Å². The number of aromatic nitrogens is 3. The number of halogens is 1. The number of rotatable bonds is 4. The lowest BCUT2D eigenvalue weighted by Gasteiger charge is -2.05. The van der Waals surface area contributed by atoms with Crippen LogP contribution in [0.2, 0.25) is 5.02 Å². The van der Waals surface area contributed by atoms with Gasteiger partial charge in [0.25, 0.3) is 0 Å². The lowest BCUT2D eigenvalue weighted by atomic mass is 10.1. The van der Waals surface area contributed by atoms with E-state index in [4.69, 9.17) is 16.0 Å². The molecule has 0 fully saturated rings. The summed E-state index contributed by atoms with van der Waals surface area (Å²) in [7, 11) is 0. The zero-order valence-corrected chi connectivity index (χ0v) is 14.6. The van der Waals surface area contributed by atoms with Crippen molar-refractivity contribution in [3.63, 3.8) is 0 Å². The molecule has 5 nitrogen and oxygen atoms in total. The highest BCUT2D eigenvalue weighted by Gasteiger charge is 2.14. The summed E-state index contributed by atoms with van der Waals surface area (Å²) in [6, 6.07) is 11.4. The number of nitrogens with zero attached hydrogens (tertiary/aromatic N) is 4. The first kappa shape index (κ1) is 16.5. The van der Waals surface area contributed by atoms with E-state index in [0.29, 0.717) is 38.7 Å². The molecule has 7 heteroatoms. The molecule has 0 spiro atoms. The van der Waals surface area contributed by atoms with E-state index < -0.39 is 0 Å². The summed E-state index contributed by atoms with van der Waals surface area (Å²) in [4.78, 5) is 4.43. The number of nitriles is 1. The van der Waals surface area contributed by atoms with Crippen molar-refractivity contribution in [1.29, 1.82) is 5.26 Å². The fourth-order valence-corrected chi connectivity index (χ4v) is 3.38. The second-order valence-corrected chi connectivity index (χ2v) is 6.51. The highest BCUT2D eigenvalue weighted by molar-refractivity contribution is 7.98. The second-order valence-electron chi connectivity index (χ2n) is 5.14. The summed E-state index contributed by atoms with van der Waals surface area (Å²) in [6.07, 6.45) is 0. The van der Waals surface area contributed by atoms with Crippen LogP contribution < -0.4 is 0 Å². The van der Waals surface area contributed by atoms with E-state index in [1.165, 1.54) is 11.8 Å². The van der Waals surface area contributed by atoms with Gasteiger partial charge in [0, 0.05) is 5.69 Å². The molecule has 0 aliphatic carbocycles. The van der Waals surface area contributed by atoms with Gasteiger partial charge >= 0.3 is 0 Å². The molecular weight excluding hydrogens is 344 g/mol. The third kappa shape index (κ3) is 3.42. The molecule has 0 atom stereocenters. The first-order chi connectivity index (χ1) is 11.6. The molecule has 0 aliphatic rings. The Morgan fingerprint density at radius 1 is 1.25 bits per heavy atom. The molecule has 120 valence electrons. The van der Waals surface area contributed by atoms with E-state index in [-0.39, 0.29) is 0 Å². The number of thioether (sulfide) groups is 1. The minimum atomic E-state index is 0.380. The van der Waals surface area contributed by atoms with Crippen molar-refractivity contribution < 1.29 is 4.42 Å². The molecule has 0 unspecified atom stereocenters. The molecule has 0 bridgehead atoms. The molecule has 1 aromatic carbocycles. The van der Waals surface area contributed by atoms with Crippen molar-refractivity contribution in [3.05, 3.63) is 58.1 Å². The molecule has 2 aromatic heterocycles. The summed E-state index contributed by atoms with van der Waals surface area (Å²) < 4.78 is 5.67. The Kier molecular flexibility index (Phi) is 4.84.